The van der Waals surface area contributed by atoms with Crippen molar-refractivity contribution in [1.29, 1.82) is 0 Å². The number of aryl methyl sites for hydroxylation is 1. The molecule has 2 aliphatic heterocycles. The van der Waals surface area contributed by atoms with Gasteiger partial charge in [-0.15, -0.1) is 4.40 Å². The van der Waals surface area contributed by atoms with Gasteiger partial charge in [-0.1, -0.05) is 0 Å². The highest BCUT2D eigenvalue weighted by Gasteiger charge is 2.30. The Hall–Kier alpha value is -2.35. The van der Waals surface area contributed by atoms with Crippen LogP contribution in [0, 0.1) is 0 Å². The van der Waals surface area contributed by atoms with Crippen molar-refractivity contribution in [3.8, 4) is 0 Å². The van der Waals surface area contributed by atoms with Gasteiger partial charge < -0.3 is 14.6 Å². The van der Waals surface area contributed by atoms with Crippen molar-refractivity contribution in [1.82, 2.24) is 10.2 Å². The molecule has 0 radical (unpaired) electrons. The summed E-state index contributed by atoms with van der Waals surface area (Å²) in [6.45, 7) is 2.20. The fraction of sp³-hybridized carbons (Fsp3) is 0.375. The lowest BCUT2D eigenvalue weighted by atomic mass is 10.1. The van der Waals surface area contributed by atoms with E-state index in [-0.39, 0.29) is 29.1 Å². The highest BCUT2D eigenvalue weighted by molar-refractivity contribution is 7.90. The molecule has 0 fully saturated rings. The van der Waals surface area contributed by atoms with Gasteiger partial charge in [0, 0.05) is 25.2 Å². The van der Waals surface area contributed by atoms with Gasteiger partial charge in [0.1, 0.15) is 5.76 Å². The summed E-state index contributed by atoms with van der Waals surface area (Å²) in [6.07, 6.45) is 8.09. The maximum atomic E-state index is 12.5. The number of carbonyl (C=O) groups excluding carboxylic acids is 1. The van der Waals surface area contributed by atoms with Crippen LogP contribution < -0.4 is 5.32 Å². The van der Waals surface area contributed by atoms with E-state index < -0.39 is 10.0 Å². The summed E-state index contributed by atoms with van der Waals surface area (Å²) >= 11 is 0. The summed E-state index contributed by atoms with van der Waals surface area (Å²) in [6, 6.07) is 3.64. The zero-order chi connectivity index (χ0) is 17.2. The van der Waals surface area contributed by atoms with E-state index in [1.807, 2.05) is 19.1 Å². The predicted octanol–water partition coefficient (Wildman–Crippen LogP) is 1.21. The fourth-order valence-corrected chi connectivity index (χ4v) is 3.57. The van der Waals surface area contributed by atoms with Crippen LogP contribution in [0.2, 0.25) is 0 Å². The molecular weight excluding hydrogens is 330 g/mol. The third-order valence-electron chi connectivity index (χ3n) is 3.88. The van der Waals surface area contributed by atoms with Crippen molar-refractivity contribution in [2.75, 3.05) is 12.3 Å². The molecule has 1 atom stereocenters. The van der Waals surface area contributed by atoms with Crippen LogP contribution in [0.3, 0.4) is 0 Å². The molecule has 2 aliphatic rings. The third-order valence-corrected chi connectivity index (χ3v) is 5.03. The van der Waals surface area contributed by atoms with E-state index in [2.05, 4.69) is 9.71 Å². The number of nitrogens with one attached hydrogen (secondary N) is 1. The van der Waals surface area contributed by atoms with E-state index in [1.54, 1.807) is 29.5 Å². The molecule has 1 aromatic rings. The van der Waals surface area contributed by atoms with E-state index in [4.69, 9.17) is 4.42 Å². The lowest BCUT2D eigenvalue weighted by Crippen LogP contribution is -2.44. The zero-order valence-electron chi connectivity index (χ0n) is 13.3. The van der Waals surface area contributed by atoms with Gasteiger partial charge in [0.25, 0.3) is 15.9 Å². The predicted molar refractivity (Wildman–Crippen MR) is 89.8 cm³/mol. The minimum atomic E-state index is -3.51. The Bertz CT molecular complexity index is 806. The summed E-state index contributed by atoms with van der Waals surface area (Å²) in [5.41, 5.74) is 0.269. The van der Waals surface area contributed by atoms with Crippen molar-refractivity contribution >= 4 is 21.8 Å². The number of amidine groups is 1. The molecule has 0 aliphatic carbocycles. The monoisotopic (exact) mass is 349 g/mol. The van der Waals surface area contributed by atoms with Gasteiger partial charge >= 0.3 is 0 Å². The normalized spacial score (nSPS) is 20.0. The maximum absolute atomic E-state index is 12.5. The van der Waals surface area contributed by atoms with Gasteiger partial charge in [-0.25, -0.2) is 8.42 Å². The molecule has 0 unspecified atom stereocenters. The molecule has 1 N–H and O–H groups in total. The van der Waals surface area contributed by atoms with Gasteiger partial charge in [-0.2, -0.15) is 0 Å². The Morgan fingerprint density at radius 2 is 2.33 bits per heavy atom. The highest BCUT2D eigenvalue weighted by Crippen LogP contribution is 2.18. The number of nitrogens with zero attached hydrogens (tertiary/aromatic N) is 2. The number of carbonyl (C=O) groups is 1. The van der Waals surface area contributed by atoms with Crippen LogP contribution in [-0.4, -0.2) is 43.4 Å². The maximum Gasteiger partial charge on any atom is 0.256 e. The largest absolute Gasteiger partial charge is 0.469 e. The van der Waals surface area contributed by atoms with Crippen LogP contribution in [0.15, 0.2) is 51.1 Å². The molecule has 3 rings (SSSR count). The smallest absolute Gasteiger partial charge is 0.256 e. The molecule has 1 amide bonds. The number of allylic oxidation sites excluding steroid dienone is 2. The first kappa shape index (κ1) is 16.5. The van der Waals surface area contributed by atoms with Crippen molar-refractivity contribution in [3.63, 3.8) is 0 Å². The van der Waals surface area contributed by atoms with Crippen LogP contribution in [-0.2, 0) is 21.2 Å². The molecule has 0 spiro atoms. The second-order valence-corrected chi connectivity index (χ2v) is 7.56. The third kappa shape index (κ3) is 3.76. The SMILES string of the molecule is C[C@@H](CCc1ccco1)NC(=O)C1=CC=CN2CCS(=O)(=O)N=C12. The minimum absolute atomic E-state index is 0.0463. The topological polar surface area (TPSA) is 92.0 Å². The average Bonchev–Trinajstić information content (AvgIpc) is 3.05. The number of hydrogen-bond acceptors (Lipinski definition) is 5. The molecule has 7 nitrogen and oxygen atoms in total. The Morgan fingerprint density at radius 3 is 3.08 bits per heavy atom. The number of furan rings is 1. The van der Waals surface area contributed by atoms with E-state index in [9.17, 15) is 13.2 Å². The lowest BCUT2D eigenvalue weighted by Gasteiger charge is -2.29. The first-order chi connectivity index (χ1) is 11.4. The molecule has 8 heteroatoms. The molecule has 128 valence electrons. The van der Waals surface area contributed by atoms with Crippen molar-refractivity contribution in [2.24, 2.45) is 4.40 Å². The van der Waals surface area contributed by atoms with Crippen molar-refractivity contribution in [3.05, 3.63) is 48.1 Å². The molecule has 0 bridgehead atoms. The van der Waals surface area contributed by atoms with Gasteiger partial charge in [0.05, 0.1) is 17.6 Å². The van der Waals surface area contributed by atoms with Crippen LogP contribution in [0.5, 0.6) is 0 Å². The van der Waals surface area contributed by atoms with Crippen molar-refractivity contribution in [2.45, 2.75) is 25.8 Å². The number of fused-ring (bicyclic) bond motifs is 1. The van der Waals surface area contributed by atoms with Crippen LogP contribution >= 0.6 is 0 Å². The average molecular weight is 349 g/mol. The molecular formula is C16H19N3O4S. The van der Waals surface area contributed by atoms with E-state index in [1.165, 1.54) is 0 Å². The first-order valence-corrected chi connectivity index (χ1v) is 9.37. The molecule has 0 saturated carbocycles. The van der Waals surface area contributed by atoms with E-state index in [0.29, 0.717) is 6.54 Å². The number of amides is 1. The molecule has 1 aromatic heterocycles. The standard InChI is InChI=1S/C16H19N3O4S/c1-12(6-7-13-4-3-10-23-13)17-16(20)14-5-2-8-19-9-11-24(21,22)18-15(14)19/h2-5,8,10,12H,6-7,9,11H2,1H3,(H,17,20)/t12-/m0/s1. The van der Waals surface area contributed by atoms with Gasteiger partial charge in [-0.05, 0) is 37.6 Å². The summed E-state index contributed by atoms with van der Waals surface area (Å²) in [4.78, 5) is 14.2. The quantitative estimate of drug-likeness (QED) is 0.863. The molecule has 0 aromatic carbocycles. The van der Waals surface area contributed by atoms with E-state index in [0.717, 1.165) is 18.6 Å². The Morgan fingerprint density at radius 1 is 1.50 bits per heavy atom. The van der Waals surface area contributed by atoms with E-state index >= 15 is 0 Å². The summed E-state index contributed by atoms with van der Waals surface area (Å²) in [5.74, 6) is 0.687. The molecule has 3 heterocycles. The lowest BCUT2D eigenvalue weighted by molar-refractivity contribution is -0.117. The fourth-order valence-electron chi connectivity index (χ4n) is 2.58. The first-order valence-electron chi connectivity index (χ1n) is 7.76. The number of sulfonamides is 1. The number of hydrogen-bond donors (Lipinski definition) is 1. The zero-order valence-corrected chi connectivity index (χ0v) is 14.1. The Labute approximate surface area is 140 Å². The minimum Gasteiger partial charge on any atom is -0.469 e. The molecule has 0 saturated heterocycles. The molecule has 24 heavy (non-hydrogen) atoms. The van der Waals surface area contributed by atoms with Crippen LogP contribution in [0.25, 0.3) is 0 Å². The summed E-state index contributed by atoms with van der Waals surface area (Å²) in [7, 11) is -3.51. The van der Waals surface area contributed by atoms with Crippen molar-refractivity contribution < 1.29 is 17.6 Å². The summed E-state index contributed by atoms with van der Waals surface area (Å²) in [5, 5.41) is 2.89. The highest BCUT2D eigenvalue weighted by atomic mass is 32.2. The van der Waals surface area contributed by atoms with Crippen LogP contribution in [0.1, 0.15) is 19.1 Å². The summed E-state index contributed by atoms with van der Waals surface area (Å²) < 4.78 is 32.5. The van der Waals surface area contributed by atoms with Gasteiger partial charge in [0.2, 0.25) is 0 Å². The van der Waals surface area contributed by atoms with Gasteiger partial charge in [-0.3, -0.25) is 4.79 Å². The Balaban J connectivity index is 1.66. The van der Waals surface area contributed by atoms with Crippen LogP contribution in [0.4, 0.5) is 0 Å². The number of rotatable bonds is 5. The second kappa shape index (κ2) is 6.64. The Kier molecular flexibility index (Phi) is 4.57. The van der Waals surface area contributed by atoms with Gasteiger partial charge in [0.15, 0.2) is 5.84 Å². The second-order valence-electron chi connectivity index (χ2n) is 5.81.